The molecule has 1 aromatic carbocycles. The predicted molar refractivity (Wildman–Crippen MR) is 63.3 cm³/mol. The minimum Gasteiger partial charge on any atom is -0.506 e. The van der Waals surface area contributed by atoms with Crippen LogP contribution >= 0.6 is 0 Å². The van der Waals surface area contributed by atoms with Gasteiger partial charge in [-0.25, -0.2) is 4.68 Å². The number of benzene rings is 1. The third-order valence-electron chi connectivity index (χ3n) is 3.16. The van der Waals surface area contributed by atoms with Gasteiger partial charge in [-0.05, 0) is 25.1 Å². The first-order valence-electron chi connectivity index (χ1n) is 5.76. The van der Waals surface area contributed by atoms with Crippen molar-refractivity contribution in [1.29, 1.82) is 0 Å². The van der Waals surface area contributed by atoms with Gasteiger partial charge in [-0.1, -0.05) is 17.3 Å². The zero-order valence-corrected chi connectivity index (χ0v) is 9.37. The van der Waals surface area contributed by atoms with E-state index in [4.69, 9.17) is 0 Å². The summed E-state index contributed by atoms with van der Waals surface area (Å²) >= 11 is 0. The third-order valence-corrected chi connectivity index (χ3v) is 3.16. The molecule has 3 rings (SSSR count). The van der Waals surface area contributed by atoms with Gasteiger partial charge < -0.3 is 10.4 Å². The lowest BCUT2D eigenvalue weighted by molar-refractivity contribution is 0.468. The normalized spacial score (nSPS) is 19.6. The molecule has 1 aliphatic heterocycles. The van der Waals surface area contributed by atoms with Crippen LogP contribution < -0.4 is 5.32 Å². The third kappa shape index (κ3) is 1.78. The number of aromatic nitrogens is 3. The number of hydrogen-bond acceptors (Lipinski definition) is 4. The van der Waals surface area contributed by atoms with Crippen LogP contribution in [0.4, 0.5) is 0 Å². The number of phenolic OH excluding ortho intramolecular Hbond substituents is 1. The Labute approximate surface area is 99.1 Å². The van der Waals surface area contributed by atoms with Gasteiger partial charge in [0, 0.05) is 12.5 Å². The molecule has 1 fully saturated rings. The monoisotopic (exact) mass is 230 g/mol. The summed E-state index contributed by atoms with van der Waals surface area (Å²) < 4.78 is 1.73. The summed E-state index contributed by atoms with van der Waals surface area (Å²) in [6.07, 6.45) is 2.87. The lowest BCUT2D eigenvalue weighted by Gasteiger charge is -2.11. The maximum atomic E-state index is 9.85. The average molecular weight is 230 g/mol. The van der Waals surface area contributed by atoms with Crippen LogP contribution in [0, 0.1) is 0 Å². The summed E-state index contributed by atoms with van der Waals surface area (Å²) in [5.41, 5.74) is 1.74. The second-order valence-corrected chi connectivity index (χ2v) is 4.25. The van der Waals surface area contributed by atoms with E-state index >= 15 is 0 Å². The highest BCUT2D eigenvalue weighted by Gasteiger charge is 2.22. The van der Waals surface area contributed by atoms with Crippen molar-refractivity contribution in [2.24, 2.45) is 0 Å². The van der Waals surface area contributed by atoms with E-state index in [1.807, 2.05) is 12.1 Å². The molecule has 2 heterocycles. The Hall–Kier alpha value is -1.88. The van der Waals surface area contributed by atoms with E-state index in [0.29, 0.717) is 11.6 Å². The number of nitrogens with one attached hydrogen (secondary N) is 1. The van der Waals surface area contributed by atoms with Crippen LogP contribution in [-0.4, -0.2) is 33.2 Å². The number of para-hydroxylation sites is 2. The van der Waals surface area contributed by atoms with Crippen molar-refractivity contribution in [3.8, 4) is 11.4 Å². The molecular formula is C12H14N4O. The first-order valence-corrected chi connectivity index (χ1v) is 5.76. The lowest BCUT2D eigenvalue weighted by atomic mass is 10.1. The topological polar surface area (TPSA) is 63.0 Å². The Morgan fingerprint density at radius 1 is 1.35 bits per heavy atom. The van der Waals surface area contributed by atoms with Gasteiger partial charge in [0.25, 0.3) is 0 Å². The van der Waals surface area contributed by atoms with Gasteiger partial charge in [0.2, 0.25) is 0 Å². The van der Waals surface area contributed by atoms with Gasteiger partial charge in [-0.2, -0.15) is 0 Å². The fourth-order valence-electron chi connectivity index (χ4n) is 2.26. The number of rotatable bonds is 2. The molecule has 88 valence electrons. The minimum absolute atomic E-state index is 0.227. The van der Waals surface area contributed by atoms with Crippen LogP contribution in [0.3, 0.4) is 0 Å². The predicted octanol–water partition coefficient (Wildman–Crippen LogP) is 1.05. The van der Waals surface area contributed by atoms with Crippen molar-refractivity contribution in [1.82, 2.24) is 20.3 Å². The molecule has 1 atom stereocenters. The molecule has 0 spiro atoms. The van der Waals surface area contributed by atoms with E-state index < -0.39 is 0 Å². The maximum absolute atomic E-state index is 9.85. The van der Waals surface area contributed by atoms with E-state index in [-0.39, 0.29) is 5.75 Å². The number of aromatic hydroxyl groups is 1. The van der Waals surface area contributed by atoms with Crippen LogP contribution in [0.15, 0.2) is 30.5 Å². The van der Waals surface area contributed by atoms with Gasteiger partial charge in [0.15, 0.2) is 0 Å². The Bertz CT molecular complexity index is 517. The first kappa shape index (κ1) is 10.3. The highest BCUT2D eigenvalue weighted by molar-refractivity contribution is 5.45. The Morgan fingerprint density at radius 3 is 3.00 bits per heavy atom. The molecule has 1 aromatic heterocycles. The smallest absolute Gasteiger partial charge is 0.141 e. The number of hydrogen-bond donors (Lipinski definition) is 2. The Balaban J connectivity index is 2.04. The molecule has 0 radical (unpaired) electrons. The molecule has 2 N–H and O–H groups in total. The lowest BCUT2D eigenvalue weighted by Crippen LogP contribution is -2.11. The van der Waals surface area contributed by atoms with E-state index in [2.05, 4.69) is 15.6 Å². The van der Waals surface area contributed by atoms with E-state index in [0.717, 1.165) is 25.2 Å². The molecule has 5 heteroatoms. The Morgan fingerprint density at radius 2 is 2.24 bits per heavy atom. The minimum atomic E-state index is 0.227. The molecule has 0 saturated carbocycles. The highest BCUT2D eigenvalue weighted by atomic mass is 16.3. The second-order valence-electron chi connectivity index (χ2n) is 4.25. The quantitative estimate of drug-likeness (QED) is 0.809. The molecule has 17 heavy (non-hydrogen) atoms. The molecule has 1 aliphatic rings. The summed E-state index contributed by atoms with van der Waals surface area (Å²) in [4.78, 5) is 0. The molecule has 0 bridgehead atoms. The maximum Gasteiger partial charge on any atom is 0.141 e. The van der Waals surface area contributed by atoms with Gasteiger partial charge in [-0.3, -0.25) is 0 Å². The van der Waals surface area contributed by atoms with Crippen molar-refractivity contribution >= 4 is 0 Å². The molecule has 0 aliphatic carbocycles. The molecule has 2 aromatic rings. The van der Waals surface area contributed by atoms with Crippen LogP contribution in [0.25, 0.3) is 5.69 Å². The standard InChI is InChI=1S/C12H14N4O/c17-12-4-2-1-3-10(12)16-11(8-14-15-16)9-5-6-13-7-9/h1-4,8-9,13,17H,5-7H2. The summed E-state index contributed by atoms with van der Waals surface area (Å²) in [5, 5.41) is 21.2. The number of nitrogens with zero attached hydrogens (tertiary/aromatic N) is 3. The van der Waals surface area contributed by atoms with Crippen LogP contribution in [0.1, 0.15) is 18.0 Å². The van der Waals surface area contributed by atoms with Crippen molar-refractivity contribution < 1.29 is 5.11 Å². The zero-order chi connectivity index (χ0) is 11.7. The van der Waals surface area contributed by atoms with Crippen LogP contribution in [0.2, 0.25) is 0 Å². The number of phenols is 1. The van der Waals surface area contributed by atoms with E-state index in [9.17, 15) is 5.11 Å². The van der Waals surface area contributed by atoms with Crippen LogP contribution in [-0.2, 0) is 0 Å². The van der Waals surface area contributed by atoms with Crippen molar-refractivity contribution in [3.63, 3.8) is 0 Å². The van der Waals surface area contributed by atoms with Crippen LogP contribution in [0.5, 0.6) is 5.75 Å². The molecular weight excluding hydrogens is 216 g/mol. The van der Waals surface area contributed by atoms with Gasteiger partial charge in [-0.15, -0.1) is 5.10 Å². The second kappa shape index (κ2) is 4.18. The summed E-state index contributed by atoms with van der Waals surface area (Å²) in [7, 11) is 0. The van der Waals surface area contributed by atoms with Gasteiger partial charge in [0.05, 0.1) is 11.9 Å². The first-order chi connectivity index (χ1) is 8.36. The zero-order valence-electron chi connectivity index (χ0n) is 9.37. The summed E-state index contributed by atoms with van der Waals surface area (Å²) in [6.45, 7) is 1.97. The molecule has 1 unspecified atom stereocenters. The average Bonchev–Trinajstić information content (AvgIpc) is 3.00. The SMILES string of the molecule is Oc1ccccc1-n1nncc1C1CCNC1. The van der Waals surface area contributed by atoms with Crippen molar-refractivity contribution in [2.75, 3.05) is 13.1 Å². The van der Waals surface area contributed by atoms with Crippen molar-refractivity contribution in [3.05, 3.63) is 36.2 Å². The summed E-state index contributed by atoms with van der Waals surface area (Å²) in [6, 6.07) is 7.18. The Kier molecular flexibility index (Phi) is 2.53. The highest BCUT2D eigenvalue weighted by Crippen LogP contribution is 2.27. The summed E-state index contributed by atoms with van der Waals surface area (Å²) in [5.74, 6) is 0.648. The molecule has 1 saturated heterocycles. The molecule has 5 nitrogen and oxygen atoms in total. The molecule has 0 amide bonds. The van der Waals surface area contributed by atoms with E-state index in [1.54, 1.807) is 23.0 Å². The van der Waals surface area contributed by atoms with Gasteiger partial charge in [0.1, 0.15) is 11.4 Å². The van der Waals surface area contributed by atoms with Crippen molar-refractivity contribution in [2.45, 2.75) is 12.3 Å². The fraction of sp³-hybridized carbons (Fsp3) is 0.333. The van der Waals surface area contributed by atoms with E-state index in [1.165, 1.54) is 0 Å². The fourth-order valence-corrected chi connectivity index (χ4v) is 2.26. The largest absolute Gasteiger partial charge is 0.506 e. The van der Waals surface area contributed by atoms with Gasteiger partial charge >= 0.3 is 0 Å².